The molecule has 1 unspecified atom stereocenters. The monoisotopic (exact) mass is 238 g/mol. The van der Waals surface area contributed by atoms with Crippen LogP contribution in [-0.4, -0.2) is 17.8 Å². The quantitative estimate of drug-likeness (QED) is 0.801. The molecule has 1 aromatic rings. The van der Waals surface area contributed by atoms with E-state index in [-0.39, 0.29) is 5.82 Å². The van der Waals surface area contributed by atoms with Gasteiger partial charge in [-0.05, 0) is 25.6 Å². The molecule has 86 valence electrons. The first-order valence-corrected chi connectivity index (χ1v) is 6.13. The zero-order chi connectivity index (χ0) is 12.0. The average molecular weight is 238 g/mol. The third-order valence-corrected chi connectivity index (χ3v) is 3.53. The number of benzene rings is 1. The van der Waals surface area contributed by atoms with Gasteiger partial charge in [-0.25, -0.2) is 4.39 Å². The van der Waals surface area contributed by atoms with Crippen molar-refractivity contribution in [3.05, 3.63) is 30.1 Å². The lowest BCUT2D eigenvalue weighted by atomic mass is 10.1. The summed E-state index contributed by atoms with van der Waals surface area (Å²) in [5.41, 5.74) is -0.609. The molecule has 1 N–H and O–H groups in total. The summed E-state index contributed by atoms with van der Waals surface area (Å²) in [4.78, 5) is 0.585. The van der Waals surface area contributed by atoms with E-state index in [9.17, 15) is 4.39 Å². The third-order valence-electron chi connectivity index (χ3n) is 2.17. The van der Waals surface area contributed by atoms with Crippen molar-refractivity contribution in [2.45, 2.75) is 24.3 Å². The second-order valence-electron chi connectivity index (χ2n) is 3.69. The van der Waals surface area contributed by atoms with Crippen molar-refractivity contribution in [3.63, 3.8) is 0 Å². The molecule has 0 spiro atoms. The minimum Gasteiger partial charge on any atom is -0.299 e. The average Bonchev–Trinajstić information content (AvgIpc) is 2.28. The van der Waals surface area contributed by atoms with Crippen LogP contribution in [0.2, 0.25) is 0 Å². The van der Waals surface area contributed by atoms with Crippen LogP contribution in [0.4, 0.5) is 4.39 Å². The highest BCUT2D eigenvalue weighted by molar-refractivity contribution is 7.99. The Bertz CT molecular complexity index is 389. The summed E-state index contributed by atoms with van der Waals surface area (Å²) in [6, 6.07) is 8.82. The Morgan fingerprint density at radius 2 is 2.19 bits per heavy atom. The number of hydrogen-bond acceptors (Lipinski definition) is 3. The fraction of sp³-hybridized carbons (Fsp3) is 0.417. The molecule has 0 aliphatic heterocycles. The van der Waals surface area contributed by atoms with Crippen molar-refractivity contribution < 1.29 is 4.39 Å². The van der Waals surface area contributed by atoms with Crippen LogP contribution in [0.1, 0.15) is 13.8 Å². The number of thioether (sulfide) groups is 1. The van der Waals surface area contributed by atoms with E-state index < -0.39 is 5.54 Å². The van der Waals surface area contributed by atoms with Gasteiger partial charge in [0.25, 0.3) is 0 Å². The van der Waals surface area contributed by atoms with Crippen LogP contribution < -0.4 is 5.32 Å². The molecule has 0 radical (unpaired) electrons. The molecule has 0 aliphatic carbocycles. The molecule has 1 atom stereocenters. The first-order chi connectivity index (χ1) is 7.61. The van der Waals surface area contributed by atoms with Crippen molar-refractivity contribution in [1.29, 1.82) is 5.26 Å². The maximum Gasteiger partial charge on any atom is 0.136 e. The molecule has 16 heavy (non-hydrogen) atoms. The molecule has 0 saturated carbocycles. The Labute approximate surface area is 99.9 Å². The molecule has 1 rings (SSSR count). The Balaban J connectivity index is 2.64. The molecule has 0 amide bonds. The van der Waals surface area contributed by atoms with E-state index in [4.69, 9.17) is 5.26 Å². The zero-order valence-corrected chi connectivity index (χ0v) is 10.3. The molecule has 0 bridgehead atoms. The summed E-state index contributed by atoms with van der Waals surface area (Å²) in [7, 11) is 0. The standard InChI is InChI=1S/C12H15FN2S/c1-3-15-12(2,8-14)9-16-11-7-5-4-6-10(11)13/h4-7,15H,3,9H2,1-2H3. The van der Waals surface area contributed by atoms with Crippen molar-refractivity contribution in [3.8, 4) is 6.07 Å². The predicted octanol–water partition coefficient (Wildman–Crippen LogP) is 2.81. The molecule has 2 nitrogen and oxygen atoms in total. The van der Waals surface area contributed by atoms with Crippen LogP contribution in [-0.2, 0) is 0 Å². The summed E-state index contributed by atoms with van der Waals surface area (Å²) in [5, 5.41) is 12.1. The topological polar surface area (TPSA) is 35.8 Å². The highest BCUT2D eigenvalue weighted by Gasteiger charge is 2.22. The molecule has 0 saturated heterocycles. The number of hydrogen-bond donors (Lipinski definition) is 1. The van der Waals surface area contributed by atoms with E-state index in [2.05, 4.69) is 11.4 Å². The number of rotatable bonds is 5. The fourth-order valence-electron chi connectivity index (χ4n) is 1.30. The molecule has 0 heterocycles. The summed E-state index contributed by atoms with van der Waals surface area (Å²) in [5.74, 6) is 0.294. The van der Waals surface area contributed by atoms with E-state index in [1.165, 1.54) is 17.8 Å². The van der Waals surface area contributed by atoms with Crippen molar-refractivity contribution in [2.75, 3.05) is 12.3 Å². The highest BCUT2D eigenvalue weighted by Crippen LogP contribution is 2.24. The van der Waals surface area contributed by atoms with Gasteiger partial charge in [0.2, 0.25) is 0 Å². The first kappa shape index (κ1) is 13.0. The zero-order valence-electron chi connectivity index (χ0n) is 9.46. The molecule has 0 aromatic heterocycles. The van der Waals surface area contributed by atoms with Gasteiger partial charge in [0.05, 0.1) is 6.07 Å². The van der Waals surface area contributed by atoms with E-state index in [1.54, 1.807) is 18.2 Å². The van der Waals surface area contributed by atoms with Crippen LogP contribution in [0, 0.1) is 17.1 Å². The van der Waals surface area contributed by atoms with Gasteiger partial charge < -0.3 is 0 Å². The van der Waals surface area contributed by atoms with Gasteiger partial charge in [-0.2, -0.15) is 5.26 Å². The Kier molecular flexibility index (Phi) is 4.78. The number of halogens is 1. The van der Waals surface area contributed by atoms with Gasteiger partial charge >= 0.3 is 0 Å². The summed E-state index contributed by atoms with van der Waals surface area (Å²) in [6.07, 6.45) is 0. The molecule has 0 fully saturated rings. The van der Waals surface area contributed by atoms with Gasteiger partial charge in [0, 0.05) is 10.6 Å². The van der Waals surface area contributed by atoms with Crippen molar-refractivity contribution in [1.82, 2.24) is 5.32 Å². The van der Waals surface area contributed by atoms with Gasteiger partial charge in [-0.1, -0.05) is 19.1 Å². The van der Waals surface area contributed by atoms with Gasteiger partial charge in [0.15, 0.2) is 0 Å². The van der Waals surface area contributed by atoms with Gasteiger partial charge in [0.1, 0.15) is 11.4 Å². The number of nitrogens with one attached hydrogen (secondary N) is 1. The molecule has 1 aromatic carbocycles. The Morgan fingerprint density at radius 3 is 2.75 bits per heavy atom. The SMILES string of the molecule is CCNC(C)(C#N)CSc1ccccc1F. The van der Waals surface area contributed by atoms with E-state index in [0.29, 0.717) is 10.6 Å². The maximum atomic E-state index is 13.3. The predicted molar refractivity (Wildman–Crippen MR) is 64.8 cm³/mol. The Morgan fingerprint density at radius 1 is 1.50 bits per heavy atom. The lowest BCUT2D eigenvalue weighted by Gasteiger charge is -2.21. The molecule has 0 aliphatic rings. The normalized spacial score (nSPS) is 14.1. The van der Waals surface area contributed by atoms with Crippen molar-refractivity contribution in [2.24, 2.45) is 0 Å². The highest BCUT2D eigenvalue weighted by atomic mass is 32.2. The van der Waals surface area contributed by atoms with E-state index >= 15 is 0 Å². The molecular weight excluding hydrogens is 223 g/mol. The summed E-state index contributed by atoms with van der Waals surface area (Å²) < 4.78 is 13.3. The number of nitrogens with zero attached hydrogens (tertiary/aromatic N) is 1. The molecular formula is C12H15FN2S. The lowest BCUT2D eigenvalue weighted by molar-refractivity contribution is 0.511. The second kappa shape index (κ2) is 5.88. The van der Waals surface area contributed by atoms with E-state index in [1.807, 2.05) is 13.8 Å². The Hall–Kier alpha value is -1.05. The smallest absolute Gasteiger partial charge is 0.136 e. The van der Waals surface area contributed by atoms with Crippen LogP contribution >= 0.6 is 11.8 Å². The summed E-state index contributed by atoms with van der Waals surface area (Å²) >= 11 is 1.36. The second-order valence-corrected chi connectivity index (χ2v) is 4.71. The van der Waals surface area contributed by atoms with Crippen LogP contribution in [0.3, 0.4) is 0 Å². The minimum absolute atomic E-state index is 0.232. The van der Waals surface area contributed by atoms with Crippen LogP contribution in [0.25, 0.3) is 0 Å². The number of nitriles is 1. The molecule has 4 heteroatoms. The summed E-state index contributed by atoms with van der Waals surface area (Å²) in [6.45, 7) is 4.50. The maximum absolute atomic E-state index is 13.3. The first-order valence-electron chi connectivity index (χ1n) is 5.15. The minimum atomic E-state index is -0.609. The van der Waals surface area contributed by atoms with Gasteiger partial charge in [-0.3, -0.25) is 5.32 Å². The fourth-order valence-corrected chi connectivity index (χ4v) is 2.29. The van der Waals surface area contributed by atoms with E-state index in [0.717, 1.165) is 6.54 Å². The third kappa shape index (κ3) is 3.51. The largest absolute Gasteiger partial charge is 0.299 e. The van der Waals surface area contributed by atoms with Crippen LogP contribution in [0.5, 0.6) is 0 Å². The van der Waals surface area contributed by atoms with Crippen molar-refractivity contribution >= 4 is 11.8 Å². The lowest BCUT2D eigenvalue weighted by Crippen LogP contribution is -2.43. The van der Waals surface area contributed by atoms with Crippen LogP contribution in [0.15, 0.2) is 29.2 Å². The van der Waals surface area contributed by atoms with Gasteiger partial charge in [-0.15, -0.1) is 11.8 Å².